The number of aryl methyl sites for hydroxylation is 1. The van der Waals surface area contributed by atoms with Gasteiger partial charge in [-0.1, -0.05) is 0 Å². The van der Waals surface area contributed by atoms with Crippen LogP contribution in [0.4, 0.5) is 5.00 Å². The molecule has 0 atom stereocenters. The lowest BCUT2D eigenvalue weighted by molar-refractivity contribution is 0.101. The van der Waals surface area contributed by atoms with Crippen LogP contribution in [0.5, 0.6) is 0 Å². The minimum absolute atomic E-state index is 0.0919. The van der Waals surface area contributed by atoms with Gasteiger partial charge >= 0.3 is 0 Å². The fraction of sp³-hybridized carbons (Fsp3) is 0.667. The van der Waals surface area contributed by atoms with Crippen LogP contribution in [0, 0.1) is 6.92 Å². The number of rotatable bonds is 6. The first-order valence-electron chi connectivity index (χ1n) is 6.01. The molecule has 5 heteroatoms. The van der Waals surface area contributed by atoms with Crippen molar-refractivity contribution in [3.63, 3.8) is 0 Å². The number of likely N-dealkylation sites (N-methyl/N-ethyl adjacent to an activating group) is 1. The van der Waals surface area contributed by atoms with E-state index in [9.17, 15) is 4.79 Å². The maximum atomic E-state index is 11.5. The van der Waals surface area contributed by atoms with Crippen LogP contribution in [0.3, 0.4) is 0 Å². The quantitative estimate of drug-likeness (QED) is 0.789. The summed E-state index contributed by atoms with van der Waals surface area (Å²) in [6.07, 6.45) is 2.66. The predicted molar refractivity (Wildman–Crippen MR) is 71.0 cm³/mol. The zero-order chi connectivity index (χ0) is 12.4. The van der Waals surface area contributed by atoms with Gasteiger partial charge in [0.15, 0.2) is 5.78 Å². The highest BCUT2D eigenvalue weighted by atomic mass is 32.1. The van der Waals surface area contributed by atoms with Crippen molar-refractivity contribution in [3.05, 3.63) is 11.3 Å². The number of hydrogen-bond donors (Lipinski definition) is 1. The van der Waals surface area contributed by atoms with Gasteiger partial charge in [0.25, 0.3) is 0 Å². The molecule has 0 unspecified atom stereocenters. The van der Waals surface area contributed by atoms with E-state index in [0.29, 0.717) is 0 Å². The van der Waals surface area contributed by atoms with E-state index in [1.165, 1.54) is 24.4 Å². The largest absolute Gasteiger partial charge is 0.374 e. The Morgan fingerprint density at radius 2 is 2.29 bits per heavy atom. The summed E-state index contributed by atoms with van der Waals surface area (Å²) in [7, 11) is 2.16. The first-order chi connectivity index (χ1) is 8.09. The number of aromatic nitrogens is 1. The summed E-state index contributed by atoms with van der Waals surface area (Å²) in [5.41, 5.74) is 1.59. The molecule has 1 aromatic rings. The van der Waals surface area contributed by atoms with Gasteiger partial charge in [0.1, 0.15) is 5.00 Å². The van der Waals surface area contributed by atoms with Crippen molar-refractivity contribution in [1.29, 1.82) is 0 Å². The van der Waals surface area contributed by atoms with Crippen LogP contribution in [0.2, 0.25) is 0 Å². The number of nitrogens with one attached hydrogen (secondary N) is 1. The highest BCUT2D eigenvalue weighted by Gasteiger charge is 2.25. The van der Waals surface area contributed by atoms with Gasteiger partial charge in [-0.15, -0.1) is 0 Å². The fourth-order valence-electron chi connectivity index (χ4n) is 1.95. The van der Waals surface area contributed by atoms with Crippen molar-refractivity contribution in [2.24, 2.45) is 0 Å². The SMILES string of the molecule is CC(=O)c1c(C)nsc1NCCN(C)C1CC1. The normalized spacial score (nSPS) is 15.3. The van der Waals surface area contributed by atoms with Crippen molar-refractivity contribution in [2.45, 2.75) is 32.7 Å². The Labute approximate surface area is 106 Å². The average Bonchev–Trinajstić information content (AvgIpc) is 3.03. The molecule has 0 bridgehead atoms. The number of hydrogen-bond acceptors (Lipinski definition) is 5. The molecule has 94 valence electrons. The number of carbonyl (C=O) groups is 1. The van der Waals surface area contributed by atoms with Gasteiger partial charge in [-0.3, -0.25) is 4.79 Å². The summed E-state index contributed by atoms with van der Waals surface area (Å²) in [5.74, 6) is 0.0919. The summed E-state index contributed by atoms with van der Waals surface area (Å²) in [6, 6.07) is 0.785. The van der Waals surface area contributed by atoms with Gasteiger partial charge in [-0.05, 0) is 45.3 Å². The van der Waals surface area contributed by atoms with E-state index in [1.807, 2.05) is 6.92 Å². The molecule has 0 amide bonds. The van der Waals surface area contributed by atoms with E-state index in [2.05, 4.69) is 21.6 Å². The summed E-state index contributed by atoms with van der Waals surface area (Å²) in [4.78, 5) is 13.8. The molecule has 0 aliphatic heterocycles. The second kappa shape index (κ2) is 5.14. The molecule has 1 aliphatic rings. The summed E-state index contributed by atoms with van der Waals surface area (Å²) in [6.45, 7) is 5.36. The minimum atomic E-state index is 0.0919. The van der Waals surface area contributed by atoms with Gasteiger partial charge in [0.05, 0.1) is 11.3 Å². The molecule has 1 saturated carbocycles. The highest BCUT2D eigenvalue weighted by molar-refractivity contribution is 7.10. The number of Topliss-reactive ketones (excluding diaryl/α,β-unsaturated/α-hetero) is 1. The topological polar surface area (TPSA) is 45.2 Å². The van der Waals surface area contributed by atoms with E-state index >= 15 is 0 Å². The third kappa shape index (κ3) is 3.04. The first kappa shape index (κ1) is 12.5. The zero-order valence-electron chi connectivity index (χ0n) is 10.6. The molecule has 4 nitrogen and oxygen atoms in total. The standard InChI is InChI=1S/C12H19N3OS/c1-8-11(9(2)16)12(17-14-8)13-6-7-15(3)10-4-5-10/h10,13H,4-7H2,1-3H3. The molecule has 1 aliphatic carbocycles. The van der Waals surface area contributed by atoms with Gasteiger partial charge in [0, 0.05) is 19.1 Å². The molecule has 0 spiro atoms. The second-order valence-electron chi connectivity index (χ2n) is 4.67. The Bertz CT molecular complexity index is 412. The monoisotopic (exact) mass is 253 g/mol. The number of ketones is 1. The molecular formula is C12H19N3OS. The average molecular weight is 253 g/mol. The number of carbonyl (C=O) groups excluding carboxylic acids is 1. The lowest BCUT2D eigenvalue weighted by atomic mass is 10.2. The molecule has 17 heavy (non-hydrogen) atoms. The maximum absolute atomic E-state index is 11.5. The third-order valence-electron chi connectivity index (χ3n) is 3.14. The van der Waals surface area contributed by atoms with Gasteiger partial charge in [-0.2, -0.15) is 4.37 Å². The Morgan fingerprint density at radius 3 is 2.88 bits per heavy atom. The molecule has 0 aromatic carbocycles. The Kier molecular flexibility index (Phi) is 3.79. The molecule has 1 fully saturated rings. The maximum Gasteiger partial charge on any atom is 0.164 e. The number of nitrogens with zero attached hydrogens (tertiary/aromatic N) is 2. The van der Waals surface area contributed by atoms with Crippen molar-refractivity contribution in [3.8, 4) is 0 Å². The lowest BCUT2D eigenvalue weighted by Gasteiger charge is -2.15. The van der Waals surface area contributed by atoms with Crippen LogP contribution in [0.1, 0.15) is 35.8 Å². The molecule has 1 aromatic heterocycles. The van der Waals surface area contributed by atoms with Gasteiger partial charge in [0.2, 0.25) is 0 Å². The van der Waals surface area contributed by atoms with Gasteiger partial charge in [-0.25, -0.2) is 0 Å². The summed E-state index contributed by atoms with van der Waals surface area (Å²) < 4.78 is 4.23. The summed E-state index contributed by atoms with van der Waals surface area (Å²) in [5, 5.41) is 4.24. The van der Waals surface area contributed by atoms with Crippen LogP contribution >= 0.6 is 11.5 Å². The van der Waals surface area contributed by atoms with Crippen LogP contribution < -0.4 is 5.32 Å². The van der Waals surface area contributed by atoms with Gasteiger partial charge < -0.3 is 10.2 Å². The third-order valence-corrected chi connectivity index (χ3v) is 4.03. The lowest BCUT2D eigenvalue weighted by Crippen LogP contribution is -2.27. The molecular weight excluding hydrogens is 234 g/mol. The highest BCUT2D eigenvalue weighted by Crippen LogP contribution is 2.26. The molecule has 0 radical (unpaired) electrons. The minimum Gasteiger partial charge on any atom is -0.374 e. The Morgan fingerprint density at radius 1 is 1.59 bits per heavy atom. The molecule has 1 N–H and O–H groups in total. The smallest absolute Gasteiger partial charge is 0.164 e. The van der Waals surface area contributed by atoms with Crippen molar-refractivity contribution < 1.29 is 4.79 Å². The second-order valence-corrected chi connectivity index (χ2v) is 5.44. The van der Waals surface area contributed by atoms with E-state index in [1.54, 1.807) is 6.92 Å². The summed E-state index contributed by atoms with van der Waals surface area (Å²) >= 11 is 1.38. The first-order valence-corrected chi connectivity index (χ1v) is 6.78. The van der Waals surface area contributed by atoms with Crippen LogP contribution in [-0.2, 0) is 0 Å². The Hall–Kier alpha value is -0.940. The zero-order valence-corrected chi connectivity index (χ0v) is 11.4. The number of anilines is 1. The van der Waals surface area contributed by atoms with Crippen molar-refractivity contribution >= 4 is 22.3 Å². The predicted octanol–water partition coefficient (Wildman–Crippen LogP) is 2.16. The van der Waals surface area contributed by atoms with E-state index < -0.39 is 0 Å². The van der Waals surface area contributed by atoms with Crippen molar-refractivity contribution in [1.82, 2.24) is 9.27 Å². The molecule has 2 rings (SSSR count). The molecule has 1 heterocycles. The van der Waals surface area contributed by atoms with E-state index in [-0.39, 0.29) is 5.78 Å². The van der Waals surface area contributed by atoms with E-state index in [4.69, 9.17) is 0 Å². The van der Waals surface area contributed by atoms with Crippen molar-refractivity contribution in [2.75, 3.05) is 25.5 Å². The Balaban J connectivity index is 1.87. The van der Waals surface area contributed by atoms with E-state index in [0.717, 1.165) is 35.4 Å². The molecule has 0 saturated heterocycles. The van der Waals surface area contributed by atoms with Crippen LogP contribution in [0.25, 0.3) is 0 Å². The van der Waals surface area contributed by atoms with Crippen LogP contribution in [-0.4, -0.2) is 41.2 Å². The van der Waals surface area contributed by atoms with Crippen LogP contribution in [0.15, 0.2) is 0 Å². The fourth-order valence-corrected chi connectivity index (χ4v) is 2.82.